The number of amides is 1. The molecule has 1 amide bonds. The Kier molecular flexibility index (Phi) is 5.37. The Balaban J connectivity index is 1.96. The molecule has 0 fully saturated rings. The van der Waals surface area contributed by atoms with Crippen LogP contribution in [-0.2, 0) is 6.42 Å². The second kappa shape index (κ2) is 7.25. The van der Waals surface area contributed by atoms with Gasteiger partial charge in [0.25, 0.3) is 5.91 Å². The Labute approximate surface area is 129 Å². The molecule has 0 saturated carbocycles. The van der Waals surface area contributed by atoms with Gasteiger partial charge in [0.1, 0.15) is 0 Å². The first kappa shape index (κ1) is 15.5. The van der Waals surface area contributed by atoms with Crippen molar-refractivity contribution in [3.05, 3.63) is 70.7 Å². The molecule has 2 aromatic rings. The van der Waals surface area contributed by atoms with E-state index in [0.717, 1.165) is 5.56 Å². The lowest BCUT2D eigenvalue weighted by Crippen LogP contribution is -2.42. The van der Waals surface area contributed by atoms with E-state index < -0.39 is 6.10 Å². The van der Waals surface area contributed by atoms with E-state index in [1.165, 1.54) is 0 Å². The van der Waals surface area contributed by atoms with Gasteiger partial charge in [0.05, 0.1) is 22.7 Å². The highest BCUT2D eigenvalue weighted by molar-refractivity contribution is 6.33. The van der Waals surface area contributed by atoms with Crippen molar-refractivity contribution in [2.24, 2.45) is 0 Å². The molecule has 2 aromatic carbocycles. The van der Waals surface area contributed by atoms with E-state index in [4.69, 9.17) is 11.6 Å². The lowest BCUT2D eigenvalue weighted by molar-refractivity contribution is 0.0852. The normalized spacial score (nSPS) is 13.5. The van der Waals surface area contributed by atoms with Crippen LogP contribution in [0.3, 0.4) is 0 Å². The first-order valence-corrected chi connectivity index (χ1v) is 7.23. The monoisotopic (exact) mass is 303 g/mol. The SMILES string of the molecule is C[C@H](NC(=O)c1ccccc1Cl)[C@@H](O)Cc1ccccc1. The van der Waals surface area contributed by atoms with E-state index in [-0.39, 0.29) is 11.9 Å². The highest BCUT2D eigenvalue weighted by atomic mass is 35.5. The van der Waals surface area contributed by atoms with Gasteiger partial charge >= 0.3 is 0 Å². The van der Waals surface area contributed by atoms with Crippen molar-refractivity contribution in [2.45, 2.75) is 25.5 Å². The van der Waals surface area contributed by atoms with Crippen molar-refractivity contribution >= 4 is 17.5 Å². The minimum atomic E-state index is -0.654. The Morgan fingerprint density at radius 2 is 1.76 bits per heavy atom. The molecule has 3 nitrogen and oxygen atoms in total. The maximum absolute atomic E-state index is 12.1. The molecule has 0 spiro atoms. The van der Waals surface area contributed by atoms with Crippen molar-refractivity contribution in [3.8, 4) is 0 Å². The summed E-state index contributed by atoms with van der Waals surface area (Å²) < 4.78 is 0. The molecular formula is C17H18ClNO2. The Morgan fingerprint density at radius 1 is 1.14 bits per heavy atom. The number of hydrogen-bond donors (Lipinski definition) is 2. The van der Waals surface area contributed by atoms with E-state index in [1.807, 2.05) is 30.3 Å². The maximum atomic E-state index is 12.1. The van der Waals surface area contributed by atoms with Gasteiger partial charge in [0, 0.05) is 6.42 Å². The molecule has 0 bridgehead atoms. The van der Waals surface area contributed by atoms with Gasteiger partial charge in [-0.15, -0.1) is 0 Å². The van der Waals surface area contributed by atoms with Crippen LogP contribution in [0.5, 0.6) is 0 Å². The molecule has 2 rings (SSSR count). The van der Waals surface area contributed by atoms with Crippen molar-refractivity contribution in [1.29, 1.82) is 0 Å². The largest absolute Gasteiger partial charge is 0.391 e. The third kappa shape index (κ3) is 4.31. The summed E-state index contributed by atoms with van der Waals surface area (Å²) in [6.45, 7) is 1.78. The summed E-state index contributed by atoms with van der Waals surface area (Å²) >= 11 is 5.99. The number of aliphatic hydroxyl groups excluding tert-OH is 1. The number of carbonyl (C=O) groups excluding carboxylic acids is 1. The van der Waals surface area contributed by atoms with Crippen LogP contribution in [0.4, 0.5) is 0 Å². The number of carbonyl (C=O) groups is 1. The number of hydrogen-bond acceptors (Lipinski definition) is 2. The van der Waals surface area contributed by atoms with Crippen molar-refractivity contribution < 1.29 is 9.90 Å². The fraction of sp³-hybridized carbons (Fsp3) is 0.235. The Morgan fingerprint density at radius 3 is 2.43 bits per heavy atom. The van der Waals surface area contributed by atoms with Gasteiger partial charge in [-0.2, -0.15) is 0 Å². The van der Waals surface area contributed by atoms with Crippen LogP contribution in [0.2, 0.25) is 5.02 Å². The lowest BCUT2D eigenvalue weighted by atomic mass is 10.0. The number of rotatable bonds is 5. The van der Waals surface area contributed by atoms with Gasteiger partial charge < -0.3 is 10.4 Å². The van der Waals surface area contributed by atoms with Gasteiger partial charge in [-0.05, 0) is 24.6 Å². The predicted octanol–water partition coefficient (Wildman–Crippen LogP) is 3.06. The molecular weight excluding hydrogens is 286 g/mol. The topological polar surface area (TPSA) is 49.3 Å². The summed E-state index contributed by atoms with van der Waals surface area (Å²) in [5, 5.41) is 13.4. The summed E-state index contributed by atoms with van der Waals surface area (Å²) in [4.78, 5) is 12.1. The zero-order chi connectivity index (χ0) is 15.2. The zero-order valence-electron chi connectivity index (χ0n) is 11.8. The molecule has 2 N–H and O–H groups in total. The third-order valence-corrected chi connectivity index (χ3v) is 3.67. The van der Waals surface area contributed by atoms with Crippen molar-refractivity contribution in [1.82, 2.24) is 5.32 Å². The number of nitrogens with one attached hydrogen (secondary N) is 1. The molecule has 0 aliphatic heterocycles. The predicted molar refractivity (Wildman–Crippen MR) is 84.5 cm³/mol. The summed E-state index contributed by atoms with van der Waals surface area (Å²) in [6.07, 6.45) is -0.163. The van der Waals surface area contributed by atoms with Crippen LogP contribution in [0, 0.1) is 0 Å². The average Bonchev–Trinajstić information content (AvgIpc) is 2.48. The average molecular weight is 304 g/mol. The maximum Gasteiger partial charge on any atom is 0.253 e. The molecule has 2 atom stereocenters. The number of benzene rings is 2. The first-order valence-electron chi connectivity index (χ1n) is 6.85. The quantitative estimate of drug-likeness (QED) is 0.892. The van der Waals surface area contributed by atoms with Gasteiger partial charge in [0.15, 0.2) is 0 Å². The van der Waals surface area contributed by atoms with Crippen molar-refractivity contribution in [2.75, 3.05) is 0 Å². The molecule has 110 valence electrons. The fourth-order valence-electron chi connectivity index (χ4n) is 2.06. The van der Waals surface area contributed by atoms with Crippen LogP contribution in [0.25, 0.3) is 0 Å². The number of aliphatic hydroxyl groups is 1. The molecule has 21 heavy (non-hydrogen) atoms. The zero-order valence-corrected chi connectivity index (χ0v) is 12.5. The minimum Gasteiger partial charge on any atom is -0.391 e. The van der Waals surface area contributed by atoms with Gasteiger partial charge in [0.2, 0.25) is 0 Å². The van der Waals surface area contributed by atoms with E-state index in [9.17, 15) is 9.90 Å². The van der Waals surface area contributed by atoms with Crippen molar-refractivity contribution in [3.63, 3.8) is 0 Å². The smallest absolute Gasteiger partial charge is 0.253 e. The van der Waals surface area contributed by atoms with Crippen LogP contribution < -0.4 is 5.32 Å². The molecule has 0 heterocycles. The minimum absolute atomic E-state index is 0.278. The molecule has 0 aromatic heterocycles. The Bertz CT molecular complexity index is 601. The molecule has 0 aliphatic rings. The highest BCUT2D eigenvalue weighted by Crippen LogP contribution is 2.15. The standard InChI is InChI=1S/C17H18ClNO2/c1-12(16(20)11-13-7-3-2-4-8-13)19-17(21)14-9-5-6-10-15(14)18/h2-10,12,16,20H,11H2,1H3,(H,19,21)/t12-,16-/m0/s1. The van der Waals surface area contributed by atoms with Gasteiger partial charge in [-0.1, -0.05) is 54.1 Å². The summed E-state index contributed by atoms with van der Waals surface area (Å²) in [6, 6.07) is 16.2. The fourth-order valence-corrected chi connectivity index (χ4v) is 2.28. The second-order valence-corrected chi connectivity index (χ2v) is 5.41. The van der Waals surface area contributed by atoms with Crippen LogP contribution in [0.15, 0.2) is 54.6 Å². The number of halogens is 1. The third-order valence-electron chi connectivity index (χ3n) is 3.34. The van der Waals surface area contributed by atoms with E-state index >= 15 is 0 Å². The summed E-state index contributed by atoms with van der Waals surface area (Å²) in [7, 11) is 0. The van der Waals surface area contributed by atoms with Crippen LogP contribution in [0.1, 0.15) is 22.8 Å². The molecule has 0 radical (unpaired) electrons. The second-order valence-electron chi connectivity index (χ2n) is 5.00. The van der Waals surface area contributed by atoms with E-state index in [1.54, 1.807) is 31.2 Å². The Hall–Kier alpha value is -1.84. The molecule has 0 unspecified atom stereocenters. The van der Waals surface area contributed by atoms with Gasteiger partial charge in [-0.25, -0.2) is 0 Å². The molecule has 4 heteroatoms. The van der Waals surface area contributed by atoms with E-state index in [2.05, 4.69) is 5.32 Å². The molecule has 0 aliphatic carbocycles. The summed E-state index contributed by atoms with van der Waals surface area (Å²) in [5.41, 5.74) is 1.45. The highest BCUT2D eigenvalue weighted by Gasteiger charge is 2.18. The first-order chi connectivity index (χ1) is 10.1. The summed E-state index contributed by atoms with van der Waals surface area (Å²) in [5.74, 6) is -0.278. The van der Waals surface area contributed by atoms with E-state index in [0.29, 0.717) is 17.0 Å². The van der Waals surface area contributed by atoms with Crippen LogP contribution >= 0.6 is 11.6 Å². The molecule has 0 saturated heterocycles. The van der Waals surface area contributed by atoms with Gasteiger partial charge in [-0.3, -0.25) is 4.79 Å². The lowest BCUT2D eigenvalue weighted by Gasteiger charge is -2.20. The van der Waals surface area contributed by atoms with Crippen LogP contribution in [-0.4, -0.2) is 23.2 Å².